The number of nitriles is 1. The van der Waals surface area contributed by atoms with Crippen LogP contribution in [-0.2, 0) is 6.54 Å². The summed E-state index contributed by atoms with van der Waals surface area (Å²) in [6.45, 7) is 9.04. The maximum atomic E-state index is 9.22. The number of anilines is 1. The minimum atomic E-state index is 0.0815. The molecule has 0 saturated carbocycles. The highest BCUT2D eigenvalue weighted by Crippen LogP contribution is 2.16. The van der Waals surface area contributed by atoms with Crippen LogP contribution in [0.5, 0.6) is 0 Å². The molecule has 2 rings (SSSR count). The van der Waals surface area contributed by atoms with E-state index in [1.54, 1.807) is 0 Å². The quantitative estimate of drug-likeness (QED) is 0.809. The summed E-state index contributed by atoms with van der Waals surface area (Å²) >= 11 is 0. The molecule has 104 valence electrons. The highest BCUT2D eigenvalue weighted by molar-refractivity contribution is 5.32. The van der Waals surface area contributed by atoms with Gasteiger partial charge in [-0.1, -0.05) is 13.3 Å². The molecule has 1 fully saturated rings. The largest absolute Gasteiger partial charge is 0.340 e. The first kappa shape index (κ1) is 13.9. The topological polar surface area (TPSA) is 48.1 Å². The molecule has 2 heterocycles. The third-order valence-electron chi connectivity index (χ3n) is 3.78. The second-order valence-corrected chi connectivity index (χ2v) is 4.97. The van der Waals surface area contributed by atoms with Crippen LogP contribution in [0.4, 0.5) is 5.95 Å². The van der Waals surface area contributed by atoms with Gasteiger partial charge in [-0.15, -0.1) is 0 Å². The maximum absolute atomic E-state index is 9.22. The van der Waals surface area contributed by atoms with Crippen LogP contribution in [0, 0.1) is 11.3 Å². The van der Waals surface area contributed by atoms with Gasteiger partial charge in [-0.2, -0.15) is 5.26 Å². The van der Waals surface area contributed by atoms with Crippen LogP contribution >= 0.6 is 0 Å². The van der Waals surface area contributed by atoms with Crippen molar-refractivity contribution in [2.24, 2.45) is 0 Å². The predicted octanol–water partition coefficient (Wildman–Crippen LogP) is 1.72. The first-order valence-electron chi connectivity index (χ1n) is 7.19. The average molecular weight is 261 g/mol. The molecule has 1 saturated heterocycles. The van der Waals surface area contributed by atoms with Gasteiger partial charge in [0.05, 0.1) is 12.1 Å². The van der Waals surface area contributed by atoms with Gasteiger partial charge >= 0.3 is 0 Å². The predicted molar refractivity (Wildman–Crippen MR) is 76.0 cm³/mol. The van der Waals surface area contributed by atoms with Crippen LogP contribution in [0.15, 0.2) is 12.4 Å². The molecular weight excluding hydrogens is 238 g/mol. The zero-order valence-corrected chi connectivity index (χ0v) is 11.9. The van der Waals surface area contributed by atoms with E-state index in [-0.39, 0.29) is 6.04 Å². The van der Waals surface area contributed by atoms with Crippen molar-refractivity contribution in [1.29, 1.82) is 5.26 Å². The highest BCUT2D eigenvalue weighted by Gasteiger charge is 2.24. The summed E-state index contributed by atoms with van der Waals surface area (Å²) in [7, 11) is 0. The van der Waals surface area contributed by atoms with Gasteiger partial charge in [0, 0.05) is 45.1 Å². The minimum Gasteiger partial charge on any atom is -0.340 e. The van der Waals surface area contributed by atoms with E-state index in [0.717, 1.165) is 51.5 Å². The molecule has 0 aromatic carbocycles. The third-order valence-corrected chi connectivity index (χ3v) is 3.78. The number of aryl methyl sites for hydroxylation is 1. The van der Waals surface area contributed by atoms with Crippen molar-refractivity contribution in [2.45, 2.75) is 39.3 Å². The molecule has 1 unspecified atom stereocenters. The number of hydrogen-bond donors (Lipinski definition) is 0. The number of imidazole rings is 1. The van der Waals surface area contributed by atoms with Gasteiger partial charge in [-0.05, 0) is 13.3 Å². The van der Waals surface area contributed by atoms with Gasteiger partial charge in [0.1, 0.15) is 0 Å². The molecule has 0 N–H and O–H groups in total. The van der Waals surface area contributed by atoms with Crippen LogP contribution < -0.4 is 4.90 Å². The molecule has 5 nitrogen and oxygen atoms in total. The number of aromatic nitrogens is 2. The second kappa shape index (κ2) is 6.58. The van der Waals surface area contributed by atoms with Gasteiger partial charge in [0.2, 0.25) is 5.95 Å². The molecule has 0 amide bonds. The van der Waals surface area contributed by atoms with E-state index >= 15 is 0 Å². The molecule has 1 atom stereocenters. The van der Waals surface area contributed by atoms with Gasteiger partial charge < -0.3 is 9.47 Å². The van der Waals surface area contributed by atoms with Gasteiger partial charge in [0.25, 0.3) is 0 Å². The van der Waals surface area contributed by atoms with Crippen LogP contribution in [0.1, 0.15) is 26.7 Å². The average Bonchev–Trinajstić information content (AvgIpc) is 2.93. The Kier molecular flexibility index (Phi) is 4.80. The fraction of sp³-hybridized carbons (Fsp3) is 0.714. The van der Waals surface area contributed by atoms with E-state index in [9.17, 15) is 5.26 Å². The van der Waals surface area contributed by atoms with E-state index in [1.165, 1.54) is 0 Å². The number of nitrogens with zero attached hydrogens (tertiary/aromatic N) is 5. The molecule has 1 aliphatic heterocycles. The molecule has 0 bridgehead atoms. The molecule has 0 spiro atoms. The lowest BCUT2D eigenvalue weighted by Crippen LogP contribution is -2.50. The van der Waals surface area contributed by atoms with E-state index in [4.69, 9.17) is 0 Å². The zero-order valence-electron chi connectivity index (χ0n) is 11.9. The van der Waals surface area contributed by atoms with E-state index in [1.807, 2.05) is 12.4 Å². The van der Waals surface area contributed by atoms with Crippen LogP contribution in [0.25, 0.3) is 0 Å². The molecule has 0 aliphatic carbocycles. The van der Waals surface area contributed by atoms with Crippen molar-refractivity contribution >= 4 is 5.95 Å². The van der Waals surface area contributed by atoms with E-state index in [0.29, 0.717) is 0 Å². The summed E-state index contributed by atoms with van der Waals surface area (Å²) in [5.74, 6) is 1.06. The molecule has 1 aliphatic rings. The summed E-state index contributed by atoms with van der Waals surface area (Å²) in [5, 5.41) is 9.22. The Morgan fingerprint density at radius 2 is 2.05 bits per heavy atom. The van der Waals surface area contributed by atoms with Crippen molar-refractivity contribution in [2.75, 3.05) is 31.1 Å². The summed E-state index contributed by atoms with van der Waals surface area (Å²) in [6, 6.07) is 2.51. The smallest absolute Gasteiger partial charge is 0.205 e. The van der Waals surface area contributed by atoms with Crippen molar-refractivity contribution < 1.29 is 0 Å². The van der Waals surface area contributed by atoms with Gasteiger partial charge in [-0.3, -0.25) is 4.90 Å². The van der Waals surface area contributed by atoms with Crippen molar-refractivity contribution in [1.82, 2.24) is 14.5 Å². The molecular formula is C14H23N5. The fourth-order valence-corrected chi connectivity index (χ4v) is 2.67. The van der Waals surface area contributed by atoms with Crippen LogP contribution in [-0.4, -0.2) is 46.7 Å². The number of hydrogen-bond acceptors (Lipinski definition) is 4. The normalized spacial score (nSPS) is 18.3. The van der Waals surface area contributed by atoms with Crippen molar-refractivity contribution in [3.05, 3.63) is 12.4 Å². The first-order chi connectivity index (χ1) is 9.30. The lowest BCUT2D eigenvalue weighted by Gasteiger charge is -2.37. The third kappa shape index (κ3) is 3.07. The molecule has 1 aromatic rings. The SMILES string of the molecule is CCCC(C#N)N1CCN(c2nccn2CC)CC1. The molecule has 0 radical (unpaired) electrons. The summed E-state index contributed by atoms with van der Waals surface area (Å²) in [6.07, 6.45) is 5.93. The van der Waals surface area contributed by atoms with Crippen LogP contribution in [0.2, 0.25) is 0 Å². The Labute approximate surface area is 115 Å². The number of rotatable bonds is 5. The Morgan fingerprint density at radius 1 is 1.32 bits per heavy atom. The Balaban J connectivity index is 1.94. The Morgan fingerprint density at radius 3 is 2.63 bits per heavy atom. The Hall–Kier alpha value is -1.54. The number of piperazine rings is 1. The lowest BCUT2D eigenvalue weighted by molar-refractivity contribution is 0.210. The summed E-state index contributed by atoms with van der Waals surface area (Å²) in [5.41, 5.74) is 0. The standard InChI is InChI=1S/C14H23N5/c1-3-5-13(12-15)18-8-10-19(11-9-18)14-16-6-7-17(14)4-2/h6-7,13H,3-5,8-11H2,1-2H3. The molecule has 5 heteroatoms. The van der Waals surface area contributed by atoms with Crippen molar-refractivity contribution in [3.8, 4) is 6.07 Å². The second-order valence-electron chi connectivity index (χ2n) is 4.97. The van der Waals surface area contributed by atoms with Crippen molar-refractivity contribution in [3.63, 3.8) is 0 Å². The van der Waals surface area contributed by atoms with E-state index in [2.05, 4.69) is 39.3 Å². The minimum absolute atomic E-state index is 0.0815. The lowest BCUT2D eigenvalue weighted by atomic mass is 10.1. The molecule has 19 heavy (non-hydrogen) atoms. The summed E-state index contributed by atoms with van der Waals surface area (Å²) < 4.78 is 2.17. The first-order valence-corrected chi connectivity index (χ1v) is 7.19. The maximum Gasteiger partial charge on any atom is 0.205 e. The fourth-order valence-electron chi connectivity index (χ4n) is 2.67. The van der Waals surface area contributed by atoms with E-state index < -0.39 is 0 Å². The zero-order chi connectivity index (χ0) is 13.7. The van der Waals surface area contributed by atoms with Crippen LogP contribution in [0.3, 0.4) is 0 Å². The summed E-state index contributed by atoms with van der Waals surface area (Å²) in [4.78, 5) is 9.07. The molecule has 1 aromatic heterocycles. The monoisotopic (exact) mass is 261 g/mol. The van der Waals surface area contributed by atoms with Gasteiger partial charge in [0.15, 0.2) is 0 Å². The highest BCUT2D eigenvalue weighted by atomic mass is 15.4. The Bertz CT molecular complexity index is 425. The van der Waals surface area contributed by atoms with Gasteiger partial charge in [-0.25, -0.2) is 4.98 Å².